The number of alkyl halides is 3. The van der Waals surface area contributed by atoms with Crippen molar-refractivity contribution in [2.45, 2.75) is 42.9 Å². The van der Waals surface area contributed by atoms with Crippen LogP contribution in [0.25, 0.3) is 0 Å². The van der Waals surface area contributed by atoms with E-state index in [4.69, 9.17) is 11.6 Å². The van der Waals surface area contributed by atoms with E-state index < -0.39 is 22.7 Å². The van der Waals surface area contributed by atoms with Crippen molar-refractivity contribution >= 4 is 21.6 Å². The molecule has 10 heteroatoms. The number of aromatic nitrogens is 2. The van der Waals surface area contributed by atoms with Gasteiger partial charge in [-0.2, -0.15) is 22.6 Å². The van der Waals surface area contributed by atoms with Crippen LogP contribution in [0.5, 0.6) is 0 Å². The molecule has 0 saturated carbocycles. The van der Waals surface area contributed by atoms with Crippen molar-refractivity contribution in [1.29, 1.82) is 0 Å². The van der Waals surface area contributed by atoms with Gasteiger partial charge in [-0.3, -0.25) is 4.68 Å². The largest absolute Gasteiger partial charge is 0.408 e. The topological polar surface area (TPSA) is 55.2 Å². The van der Waals surface area contributed by atoms with Crippen LogP contribution in [0.4, 0.5) is 13.2 Å². The second kappa shape index (κ2) is 7.21. The molecule has 0 radical (unpaired) electrons. The van der Waals surface area contributed by atoms with Crippen molar-refractivity contribution in [2.24, 2.45) is 0 Å². The van der Waals surface area contributed by atoms with E-state index in [0.29, 0.717) is 35.5 Å². The minimum Gasteiger partial charge on any atom is -0.262 e. The zero-order chi connectivity index (χ0) is 18.9. The molecule has 5 nitrogen and oxygen atoms in total. The first-order chi connectivity index (χ1) is 12.2. The van der Waals surface area contributed by atoms with Crippen molar-refractivity contribution in [3.8, 4) is 0 Å². The fourth-order valence-electron chi connectivity index (χ4n) is 3.13. The molecule has 1 atom stereocenters. The first kappa shape index (κ1) is 19.2. The van der Waals surface area contributed by atoms with Crippen LogP contribution in [0, 0.1) is 0 Å². The third kappa shape index (κ3) is 4.21. The second-order valence-corrected chi connectivity index (χ2v) is 8.49. The van der Waals surface area contributed by atoms with Gasteiger partial charge in [-0.15, -0.1) is 0 Å². The summed E-state index contributed by atoms with van der Waals surface area (Å²) in [6.07, 6.45) is -0.769. The highest BCUT2D eigenvalue weighted by Gasteiger charge is 2.37. The van der Waals surface area contributed by atoms with Gasteiger partial charge in [0, 0.05) is 23.8 Å². The molecule has 0 N–H and O–H groups in total. The second-order valence-electron chi connectivity index (χ2n) is 6.20. The van der Waals surface area contributed by atoms with Gasteiger partial charge in [-0.25, -0.2) is 8.42 Å². The predicted molar refractivity (Wildman–Crippen MR) is 90.4 cm³/mol. The summed E-state index contributed by atoms with van der Waals surface area (Å²) < 4.78 is 65.0. The Bertz CT molecular complexity index is 883. The van der Waals surface area contributed by atoms with Crippen LogP contribution in [0.2, 0.25) is 5.02 Å². The number of hydrogen-bond donors (Lipinski definition) is 0. The van der Waals surface area contributed by atoms with E-state index in [-0.39, 0.29) is 10.9 Å². The molecule has 1 unspecified atom stereocenters. The summed E-state index contributed by atoms with van der Waals surface area (Å²) in [5.41, 5.74) is 0.842. The normalized spacial score (nSPS) is 19.2. The molecule has 142 valence electrons. The molecule has 0 aliphatic carbocycles. The average Bonchev–Trinajstić information content (AvgIpc) is 3.18. The number of nitrogens with zero attached hydrogens (tertiary/aromatic N) is 3. The average molecular weight is 408 g/mol. The van der Waals surface area contributed by atoms with Gasteiger partial charge in [0.25, 0.3) is 0 Å². The molecule has 3 rings (SSSR count). The lowest BCUT2D eigenvalue weighted by atomic mass is 10.0. The van der Waals surface area contributed by atoms with Crippen LogP contribution < -0.4 is 0 Å². The molecule has 1 aromatic carbocycles. The summed E-state index contributed by atoms with van der Waals surface area (Å²) in [5, 5.41) is 4.10. The smallest absolute Gasteiger partial charge is 0.262 e. The van der Waals surface area contributed by atoms with Crippen molar-refractivity contribution in [2.75, 3.05) is 6.54 Å². The third-order valence-corrected chi connectivity index (χ3v) is 6.57. The van der Waals surface area contributed by atoms with Crippen LogP contribution in [-0.4, -0.2) is 41.3 Å². The lowest BCUT2D eigenvalue weighted by Gasteiger charge is -2.23. The fraction of sp³-hybridized carbons (Fsp3) is 0.438. The number of rotatable bonds is 5. The van der Waals surface area contributed by atoms with Crippen LogP contribution in [0.15, 0.2) is 41.6 Å². The number of benzene rings is 1. The number of hydrogen-bond acceptors (Lipinski definition) is 3. The standard InChI is InChI=1S/C16H17ClF3N3O2S/c17-15-6-2-1-4-12(15)8-13-5-3-7-23(13)26(24,25)14-9-21-22(10-14)11-16(18,19)20/h1-2,4,6,9-10,13H,3,5,7-8,11H2. The van der Waals surface area contributed by atoms with Crippen molar-refractivity contribution in [1.82, 2.24) is 14.1 Å². The highest BCUT2D eigenvalue weighted by atomic mass is 35.5. The summed E-state index contributed by atoms with van der Waals surface area (Å²) in [6, 6.07) is 6.92. The van der Waals surface area contributed by atoms with Crippen LogP contribution in [0.3, 0.4) is 0 Å². The van der Waals surface area contributed by atoms with Gasteiger partial charge in [0.2, 0.25) is 10.0 Å². The maximum absolute atomic E-state index is 12.9. The molecule has 1 aliphatic heterocycles. The Hall–Kier alpha value is -1.58. The quantitative estimate of drug-likeness (QED) is 0.762. The van der Waals surface area contributed by atoms with E-state index in [1.165, 1.54) is 4.31 Å². The van der Waals surface area contributed by atoms with Crippen LogP contribution in [-0.2, 0) is 23.0 Å². The van der Waals surface area contributed by atoms with Gasteiger partial charge in [0.05, 0.1) is 6.20 Å². The molecular formula is C16H17ClF3N3O2S. The van der Waals surface area contributed by atoms with Gasteiger partial charge >= 0.3 is 6.18 Å². The molecule has 1 aliphatic rings. The predicted octanol–water partition coefficient (Wildman–Crippen LogP) is 3.49. The molecule has 1 fully saturated rings. The molecule has 0 amide bonds. The SMILES string of the molecule is O=S(=O)(c1cnn(CC(F)(F)F)c1)N1CCCC1Cc1ccccc1Cl. The Morgan fingerprint density at radius 3 is 2.69 bits per heavy atom. The fourth-order valence-corrected chi connectivity index (χ4v) is 4.99. The Morgan fingerprint density at radius 1 is 1.27 bits per heavy atom. The van der Waals surface area contributed by atoms with Gasteiger partial charge in [0.15, 0.2) is 0 Å². The van der Waals surface area contributed by atoms with E-state index in [0.717, 1.165) is 18.0 Å². The van der Waals surface area contributed by atoms with Gasteiger partial charge in [0.1, 0.15) is 11.4 Å². The Balaban J connectivity index is 1.81. The van der Waals surface area contributed by atoms with E-state index >= 15 is 0 Å². The van der Waals surface area contributed by atoms with E-state index in [1.807, 2.05) is 12.1 Å². The van der Waals surface area contributed by atoms with E-state index in [9.17, 15) is 21.6 Å². The Morgan fingerprint density at radius 2 is 2.00 bits per heavy atom. The maximum atomic E-state index is 12.9. The maximum Gasteiger partial charge on any atom is 0.408 e. The van der Waals surface area contributed by atoms with Crippen molar-refractivity contribution in [3.63, 3.8) is 0 Å². The Kier molecular flexibility index (Phi) is 5.32. The zero-order valence-corrected chi connectivity index (χ0v) is 15.2. The molecule has 0 spiro atoms. The molecular weight excluding hydrogens is 391 g/mol. The summed E-state index contributed by atoms with van der Waals surface area (Å²) >= 11 is 6.16. The minimum atomic E-state index is -4.46. The third-order valence-electron chi connectivity index (χ3n) is 4.29. The molecule has 0 bridgehead atoms. The summed E-state index contributed by atoms with van der Waals surface area (Å²) in [4.78, 5) is -0.229. The monoisotopic (exact) mass is 407 g/mol. The first-order valence-electron chi connectivity index (χ1n) is 8.01. The molecule has 2 heterocycles. The lowest BCUT2D eigenvalue weighted by molar-refractivity contribution is -0.142. The lowest BCUT2D eigenvalue weighted by Crippen LogP contribution is -2.36. The minimum absolute atomic E-state index is 0.229. The number of sulfonamides is 1. The molecule has 2 aromatic rings. The number of halogens is 4. The highest BCUT2D eigenvalue weighted by Crippen LogP contribution is 2.30. The van der Waals surface area contributed by atoms with Gasteiger partial charge in [-0.05, 0) is 30.9 Å². The highest BCUT2D eigenvalue weighted by molar-refractivity contribution is 7.89. The van der Waals surface area contributed by atoms with E-state index in [1.54, 1.807) is 12.1 Å². The Labute approximate surface area is 154 Å². The van der Waals surface area contributed by atoms with Gasteiger partial charge in [-0.1, -0.05) is 29.8 Å². The molecule has 26 heavy (non-hydrogen) atoms. The van der Waals surface area contributed by atoms with Crippen molar-refractivity contribution < 1.29 is 21.6 Å². The molecule has 1 aromatic heterocycles. The summed E-state index contributed by atoms with van der Waals surface area (Å²) in [7, 11) is -3.92. The van der Waals surface area contributed by atoms with Crippen LogP contribution >= 0.6 is 11.6 Å². The zero-order valence-electron chi connectivity index (χ0n) is 13.7. The summed E-state index contributed by atoms with van der Waals surface area (Å²) in [5.74, 6) is 0. The van der Waals surface area contributed by atoms with E-state index in [2.05, 4.69) is 5.10 Å². The van der Waals surface area contributed by atoms with Crippen molar-refractivity contribution in [3.05, 3.63) is 47.2 Å². The summed E-state index contributed by atoms with van der Waals surface area (Å²) in [6.45, 7) is -1.01. The van der Waals surface area contributed by atoms with Gasteiger partial charge < -0.3 is 0 Å². The molecule has 1 saturated heterocycles. The first-order valence-corrected chi connectivity index (χ1v) is 9.83. The van der Waals surface area contributed by atoms with Crippen LogP contribution in [0.1, 0.15) is 18.4 Å².